The van der Waals surface area contributed by atoms with Crippen LogP contribution >= 0.6 is 0 Å². The zero-order valence-electron chi connectivity index (χ0n) is 12.5. The quantitative estimate of drug-likeness (QED) is 0.643. The first-order valence-corrected chi connectivity index (χ1v) is 7.37. The van der Waals surface area contributed by atoms with Gasteiger partial charge in [-0.15, -0.1) is 0 Å². The highest BCUT2D eigenvalue weighted by Crippen LogP contribution is 2.36. The Morgan fingerprint density at radius 2 is 1.43 bits per heavy atom. The highest BCUT2D eigenvalue weighted by molar-refractivity contribution is 5.40. The molecule has 0 amide bonds. The number of hydrogen-bond donors (Lipinski definition) is 0. The molecule has 0 aliphatic carbocycles. The lowest BCUT2D eigenvalue weighted by molar-refractivity contribution is -0.403. The van der Waals surface area contributed by atoms with Crippen molar-refractivity contribution in [1.29, 1.82) is 0 Å². The van der Waals surface area contributed by atoms with Crippen LogP contribution in [0.15, 0.2) is 72.9 Å². The van der Waals surface area contributed by atoms with E-state index in [4.69, 9.17) is 9.47 Å². The molecule has 1 fully saturated rings. The van der Waals surface area contributed by atoms with E-state index in [1.54, 1.807) is 0 Å². The molecule has 1 aliphatic rings. The summed E-state index contributed by atoms with van der Waals surface area (Å²) in [5.74, 6) is 0. The maximum absolute atomic E-state index is 10.4. The molecule has 118 valence electrons. The van der Waals surface area contributed by atoms with Crippen LogP contribution in [0.3, 0.4) is 0 Å². The fourth-order valence-corrected chi connectivity index (χ4v) is 2.80. The first kappa shape index (κ1) is 15.4. The van der Waals surface area contributed by atoms with Gasteiger partial charge in [0, 0.05) is 6.08 Å². The average molecular weight is 311 g/mol. The summed E-state index contributed by atoms with van der Waals surface area (Å²) in [6.45, 7) is 0.793. The molecule has 5 heteroatoms. The first-order valence-electron chi connectivity index (χ1n) is 7.37. The van der Waals surface area contributed by atoms with Gasteiger partial charge in [-0.1, -0.05) is 60.7 Å². The highest BCUT2D eigenvalue weighted by atomic mass is 16.7. The van der Waals surface area contributed by atoms with E-state index in [-0.39, 0.29) is 0 Å². The Balaban J connectivity index is 1.90. The van der Waals surface area contributed by atoms with Crippen molar-refractivity contribution in [2.45, 2.75) is 11.7 Å². The zero-order valence-corrected chi connectivity index (χ0v) is 12.5. The van der Waals surface area contributed by atoms with Gasteiger partial charge >= 0.3 is 0 Å². The maximum atomic E-state index is 10.4. The van der Waals surface area contributed by atoms with Crippen molar-refractivity contribution >= 4 is 0 Å². The molecule has 23 heavy (non-hydrogen) atoms. The van der Waals surface area contributed by atoms with Crippen molar-refractivity contribution < 1.29 is 14.4 Å². The van der Waals surface area contributed by atoms with Crippen LogP contribution in [0.4, 0.5) is 0 Å². The van der Waals surface area contributed by atoms with E-state index in [1.807, 2.05) is 60.7 Å². The second-order valence-corrected chi connectivity index (χ2v) is 5.43. The van der Waals surface area contributed by atoms with E-state index >= 15 is 0 Å². The van der Waals surface area contributed by atoms with Crippen molar-refractivity contribution in [3.63, 3.8) is 0 Å². The van der Waals surface area contributed by atoms with Crippen molar-refractivity contribution in [3.8, 4) is 0 Å². The van der Waals surface area contributed by atoms with E-state index in [0.717, 1.165) is 17.3 Å². The normalized spacial score (nSPS) is 18.1. The SMILES string of the molecule is O=[N+]([O-])C=CC1OCC(c2ccccc2)(c2ccccc2)CO1. The minimum absolute atomic E-state index is 0.397. The molecule has 0 atom stereocenters. The molecule has 1 heterocycles. The second kappa shape index (κ2) is 6.73. The van der Waals surface area contributed by atoms with E-state index in [1.165, 1.54) is 6.08 Å². The summed E-state index contributed by atoms with van der Waals surface area (Å²) in [6, 6.07) is 20.1. The smallest absolute Gasteiger partial charge is 0.235 e. The van der Waals surface area contributed by atoms with E-state index in [0.29, 0.717) is 13.2 Å². The molecule has 1 saturated heterocycles. The number of nitrogens with zero attached hydrogens (tertiary/aromatic N) is 1. The molecular weight excluding hydrogens is 294 g/mol. The van der Waals surface area contributed by atoms with Gasteiger partial charge in [0.15, 0.2) is 6.29 Å². The molecule has 0 radical (unpaired) electrons. The third-order valence-corrected chi connectivity index (χ3v) is 4.01. The minimum atomic E-state index is -0.694. The molecule has 0 aromatic heterocycles. The first-order chi connectivity index (χ1) is 11.2. The van der Waals surface area contributed by atoms with Gasteiger partial charge in [-0.05, 0) is 11.1 Å². The van der Waals surface area contributed by atoms with Gasteiger partial charge in [0.25, 0.3) is 0 Å². The Morgan fingerprint density at radius 3 is 1.87 bits per heavy atom. The summed E-state index contributed by atoms with van der Waals surface area (Å²) < 4.78 is 11.5. The molecule has 2 aromatic carbocycles. The van der Waals surface area contributed by atoms with Gasteiger partial charge in [-0.25, -0.2) is 0 Å². The van der Waals surface area contributed by atoms with Crippen LogP contribution in [-0.2, 0) is 14.9 Å². The standard InChI is InChI=1S/C18H17NO4/c20-19(21)12-11-17-22-13-18(14-23-17,15-7-3-1-4-8-15)16-9-5-2-6-10-16/h1-12,17H,13-14H2. The number of ether oxygens (including phenoxy) is 2. The van der Waals surface area contributed by atoms with Gasteiger partial charge in [0.1, 0.15) is 0 Å². The van der Waals surface area contributed by atoms with Crippen molar-refractivity contribution in [3.05, 3.63) is 94.2 Å². The lowest BCUT2D eigenvalue weighted by Gasteiger charge is -2.40. The molecule has 3 rings (SSSR count). The van der Waals surface area contributed by atoms with Crippen LogP contribution in [0.1, 0.15) is 11.1 Å². The van der Waals surface area contributed by atoms with E-state index in [9.17, 15) is 10.1 Å². The predicted molar refractivity (Wildman–Crippen MR) is 85.5 cm³/mol. The fraction of sp³-hybridized carbons (Fsp3) is 0.222. The van der Waals surface area contributed by atoms with E-state index in [2.05, 4.69) is 0 Å². The molecule has 5 nitrogen and oxygen atoms in total. The molecule has 0 N–H and O–H groups in total. The minimum Gasteiger partial charge on any atom is -0.347 e. The summed E-state index contributed by atoms with van der Waals surface area (Å²) in [7, 11) is 0. The number of hydrogen-bond acceptors (Lipinski definition) is 4. The lowest BCUT2D eigenvalue weighted by Crippen LogP contribution is -2.45. The van der Waals surface area contributed by atoms with Crippen LogP contribution in [0.2, 0.25) is 0 Å². The molecule has 2 aromatic rings. The molecule has 0 unspecified atom stereocenters. The largest absolute Gasteiger partial charge is 0.347 e. The fourth-order valence-electron chi connectivity index (χ4n) is 2.80. The molecule has 0 spiro atoms. The van der Waals surface area contributed by atoms with Crippen LogP contribution in [-0.4, -0.2) is 24.4 Å². The van der Waals surface area contributed by atoms with Crippen LogP contribution in [0.25, 0.3) is 0 Å². The van der Waals surface area contributed by atoms with Gasteiger partial charge in [0.05, 0.1) is 23.6 Å². The van der Waals surface area contributed by atoms with Crippen molar-refractivity contribution in [1.82, 2.24) is 0 Å². The van der Waals surface area contributed by atoms with Gasteiger partial charge in [-0.2, -0.15) is 0 Å². The Bertz CT molecular complexity index is 635. The third-order valence-electron chi connectivity index (χ3n) is 4.01. The Kier molecular flexibility index (Phi) is 4.50. The monoisotopic (exact) mass is 311 g/mol. The molecule has 1 aliphatic heterocycles. The second-order valence-electron chi connectivity index (χ2n) is 5.43. The zero-order chi connectivity index (χ0) is 16.1. The van der Waals surface area contributed by atoms with Gasteiger partial charge in [0.2, 0.25) is 6.20 Å². The number of benzene rings is 2. The Hall–Kier alpha value is -2.50. The number of nitro groups is 1. The third kappa shape index (κ3) is 3.31. The molecule has 0 saturated carbocycles. The molecule has 0 bridgehead atoms. The van der Waals surface area contributed by atoms with E-state index < -0.39 is 16.6 Å². The van der Waals surface area contributed by atoms with Crippen LogP contribution in [0, 0.1) is 10.1 Å². The Morgan fingerprint density at radius 1 is 0.957 bits per heavy atom. The van der Waals surface area contributed by atoms with Gasteiger partial charge in [-0.3, -0.25) is 10.1 Å². The van der Waals surface area contributed by atoms with Crippen LogP contribution in [0.5, 0.6) is 0 Å². The van der Waals surface area contributed by atoms with Crippen molar-refractivity contribution in [2.24, 2.45) is 0 Å². The summed E-state index contributed by atoms with van der Waals surface area (Å²) in [5, 5.41) is 10.4. The lowest BCUT2D eigenvalue weighted by atomic mass is 9.75. The Labute approximate surface area is 134 Å². The van der Waals surface area contributed by atoms with Crippen LogP contribution < -0.4 is 0 Å². The predicted octanol–water partition coefficient (Wildman–Crippen LogP) is 3.14. The molecular formula is C18H17NO4. The summed E-state index contributed by atoms with van der Waals surface area (Å²) in [5.41, 5.74) is 1.78. The van der Waals surface area contributed by atoms with Crippen molar-refractivity contribution in [2.75, 3.05) is 13.2 Å². The maximum Gasteiger partial charge on any atom is 0.235 e. The van der Waals surface area contributed by atoms with Gasteiger partial charge < -0.3 is 9.47 Å². The summed E-state index contributed by atoms with van der Waals surface area (Å²) >= 11 is 0. The topological polar surface area (TPSA) is 61.6 Å². The summed E-state index contributed by atoms with van der Waals surface area (Å²) in [6.07, 6.45) is 1.48. The number of rotatable bonds is 4. The average Bonchev–Trinajstić information content (AvgIpc) is 2.62. The highest BCUT2D eigenvalue weighted by Gasteiger charge is 2.39. The summed E-state index contributed by atoms with van der Waals surface area (Å²) in [4.78, 5) is 9.90.